The number of halogens is 3. The number of nitrogens with one attached hydrogen (secondary N) is 1. The van der Waals surface area contributed by atoms with Gasteiger partial charge in [-0.25, -0.2) is 0 Å². The Bertz CT molecular complexity index is 170. The molecule has 0 bridgehead atoms. The summed E-state index contributed by atoms with van der Waals surface area (Å²) in [5.74, 6) is 0. The van der Waals surface area contributed by atoms with Gasteiger partial charge < -0.3 is 15.5 Å². The molecule has 0 aliphatic carbocycles. The average Bonchev–Trinajstić information content (AvgIpc) is 2.02. The van der Waals surface area contributed by atoms with Crippen molar-refractivity contribution >= 4 is 0 Å². The molecule has 3 N–H and O–H groups in total. The Labute approximate surface area is 80.9 Å². The third-order valence-electron chi connectivity index (χ3n) is 1.98. The second kappa shape index (κ2) is 4.95. The molecule has 0 aromatic rings. The van der Waals surface area contributed by atoms with Gasteiger partial charge in [0, 0.05) is 13.1 Å². The van der Waals surface area contributed by atoms with Crippen molar-refractivity contribution in [3.8, 4) is 0 Å². The van der Waals surface area contributed by atoms with Gasteiger partial charge in [0.25, 0.3) is 0 Å². The maximum atomic E-state index is 11.8. The average molecular weight is 215 g/mol. The van der Waals surface area contributed by atoms with Gasteiger partial charge in [0.15, 0.2) is 6.10 Å². The van der Waals surface area contributed by atoms with E-state index < -0.39 is 24.4 Å². The van der Waals surface area contributed by atoms with E-state index in [9.17, 15) is 18.3 Å². The summed E-state index contributed by atoms with van der Waals surface area (Å²) in [6, 6.07) is 0. The smallest absolute Gasteiger partial charge is 0.389 e. The Hall–Kier alpha value is -0.330. The normalized spacial score (nSPS) is 19.1. The van der Waals surface area contributed by atoms with Crippen LogP contribution in [-0.2, 0) is 0 Å². The Kier molecular flexibility index (Phi) is 4.83. The lowest BCUT2D eigenvalue weighted by molar-refractivity contribution is -0.202. The summed E-state index contributed by atoms with van der Waals surface area (Å²) in [6.45, 7) is 2.66. The van der Waals surface area contributed by atoms with Crippen molar-refractivity contribution in [2.75, 3.05) is 13.1 Å². The first-order chi connectivity index (χ1) is 6.19. The molecule has 2 unspecified atom stereocenters. The first-order valence-electron chi connectivity index (χ1n) is 4.37. The molecule has 14 heavy (non-hydrogen) atoms. The molecule has 0 fully saturated rings. The Balaban J connectivity index is 3.75. The highest BCUT2D eigenvalue weighted by Crippen LogP contribution is 2.19. The van der Waals surface area contributed by atoms with Crippen LogP contribution in [0.25, 0.3) is 0 Å². The molecule has 86 valence electrons. The van der Waals surface area contributed by atoms with Gasteiger partial charge in [0.2, 0.25) is 0 Å². The van der Waals surface area contributed by atoms with Crippen molar-refractivity contribution in [1.82, 2.24) is 5.32 Å². The third kappa shape index (κ3) is 5.41. The van der Waals surface area contributed by atoms with Crippen LogP contribution in [0.15, 0.2) is 0 Å². The van der Waals surface area contributed by atoms with Crippen LogP contribution in [0.4, 0.5) is 13.2 Å². The van der Waals surface area contributed by atoms with E-state index in [1.54, 1.807) is 6.92 Å². The first-order valence-corrected chi connectivity index (χ1v) is 4.37. The highest BCUT2D eigenvalue weighted by molar-refractivity contribution is 4.75. The fraction of sp³-hybridized carbons (Fsp3) is 1.00. The molecule has 0 saturated heterocycles. The Morgan fingerprint density at radius 1 is 1.36 bits per heavy atom. The van der Waals surface area contributed by atoms with Crippen molar-refractivity contribution < 1.29 is 23.4 Å². The summed E-state index contributed by atoms with van der Waals surface area (Å²) >= 11 is 0. The molecule has 0 aromatic heterocycles. The summed E-state index contributed by atoms with van der Waals surface area (Å²) < 4.78 is 35.4. The van der Waals surface area contributed by atoms with Gasteiger partial charge in [0.05, 0.1) is 5.60 Å². The minimum atomic E-state index is -4.61. The molecular formula is C8H16F3NO2. The quantitative estimate of drug-likeness (QED) is 0.631. The summed E-state index contributed by atoms with van der Waals surface area (Å²) in [5, 5.41) is 20.4. The van der Waals surface area contributed by atoms with E-state index in [4.69, 9.17) is 5.11 Å². The molecule has 0 saturated carbocycles. The van der Waals surface area contributed by atoms with Crippen molar-refractivity contribution in [2.24, 2.45) is 0 Å². The molecule has 0 aromatic carbocycles. The van der Waals surface area contributed by atoms with E-state index in [0.29, 0.717) is 6.42 Å². The highest BCUT2D eigenvalue weighted by Gasteiger charge is 2.37. The molecule has 0 spiro atoms. The van der Waals surface area contributed by atoms with E-state index >= 15 is 0 Å². The van der Waals surface area contributed by atoms with E-state index in [-0.39, 0.29) is 6.54 Å². The zero-order valence-corrected chi connectivity index (χ0v) is 8.23. The van der Waals surface area contributed by atoms with Crippen LogP contribution < -0.4 is 5.32 Å². The highest BCUT2D eigenvalue weighted by atomic mass is 19.4. The maximum absolute atomic E-state index is 11.8. The standard InChI is InChI=1S/C8H16F3NO2/c1-3-7(2,14)5-12-4-6(13)8(9,10)11/h6,12-14H,3-5H2,1-2H3. The molecule has 3 nitrogen and oxygen atoms in total. The second-order valence-electron chi connectivity index (χ2n) is 3.54. The summed E-state index contributed by atoms with van der Waals surface area (Å²) in [7, 11) is 0. The predicted molar refractivity (Wildman–Crippen MR) is 45.8 cm³/mol. The Morgan fingerprint density at radius 3 is 2.21 bits per heavy atom. The number of rotatable bonds is 5. The molecule has 0 aliphatic heterocycles. The topological polar surface area (TPSA) is 52.5 Å². The summed E-state index contributed by atoms with van der Waals surface area (Å²) in [6.07, 6.45) is -6.55. The first kappa shape index (κ1) is 13.7. The predicted octanol–water partition coefficient (Wildman–Crippen LogP) is 0.660. The van der Waals surface area contributed by atoms with E-state index in [1.165, 1.54) is 6.92 Å². The van der Waals surface area contributed by atoms with Gasteiger partial charge >= 0.3 is 6.18 Å². The minimum Gasteiger partial charge on any atom is -0.389 e. The molecule has 6 heteroatoms. The van der Waals surface area contributed by atoms with Crippen LogP contribution in [0, 0.1) is 0 Å². The largest absolute Gasteiger partial charge is 0.415 e. The van der Waals surface area contributed by atoms with Gasteiger partial charge in [-0.1, -0.05) is 6.92 Å². The van der Waals surface area contributed by atoms with Crippen LogP contribution in [0.2, 0.25) is 0 Å². The monoisotopic (exact) mass is 215 g/mol. The van der Waals surface area contributed by atoms with Crippen molar-refractivity contribution in [1.29, 1.82) is 0 Å². The van der Waals surface area contributed by atoms with E-state index in [0.717, 1.165) is 0 Å². The number of alkyl halides is 3. The van der Waals surface area contributed by atoms with E-state index in [2.05, 4.69) is 5.32 Å². The molecule has 0 rings (SSSR count). The second-order valence-corrected chi connectivity index (χ2v) is 3.54. The molecule has 0 radical (unpaired) electrons. The molecule has 0 heterocycles. The summed E-state index contributed by atoms with van der Waals surface area (Å²) in [5.41, 5.74) is -1.04. The van der Waals surface area contributed by atoms with Crippen LogP contribution in [0.5, 0.6) is 0 Å². The molecule has 2 atom stereocenters. The third-order valence-corrected chi connectivity index (χ3v) is 1.98. The van der Waals surface area contributed by atoms with Crippen LogP contribution in [0.3, 0.4) is 0 Å². The van der Waals surface area contributed by atoms with E-state index in [1.807, 2.05) is 0 Å². The van der Waals surface area contributed by atoms with Gasteiger partial charge in [-0.15, -0.1) is 0 Å². The molecular weight excluding hydrogens is 199 g/mol. The van der Waals surface area contributed by atoms with Gasteiger partial charge in [0.1, 0.15) is 0 Å². The van der Waals surface area contributed by atoms with Crippen LogP contribution in [-0.4, -0.2) is 41.2 Å². The lowest BCUT2D eigenvalue weighted by atomic mass is 10.0. The molecule has 0 aliphatic rings. The van der Waals surface area contributed by atoms with Gasteiger partial charge in [-0.3, -0.25) is 0 Å². The number of aliphatic hydroxyl groups is 2. The van der Waals surface area contributed by atoms with Crippen molar-refractivity contribution in [3.63, 3.8) is 0 Å². The minimum absolute atomic E-state index is 0.0244. The number of hydrogen-bond acceptors (Lipinski definition) is 3. The lowest BCUT2D eigenvalue weighted by Crippen LogP contribution is -2.44. The fourth-order valence-corrected chi connectivity index (χ4v) is 0.719. The number of aliphatic hydroxyl groups excluding tert-OH is 1. The lowest BCUT2D eigenvalue weighted by Gasteiger charge is -2.23. The van der Waals surface area contributed by atoms with Crippen molar-refractivity contribution in [3.05, 3.63) is 0 Å². The Morgan fingerprint density at radius 2 is 1.86 bits per heavy atom. The zero-order chi connectivity index (χ0) is 11.4. The SMILES string of the molecule is CCC(C)(O)CNCC(O)C(F)(F)F. The fourth-order valence-electron chi connectivity index (χ4n) is 0.719. The zero-order valence-electron chi connectivity index (χ0n) is 8.23. The van der Waals surface area contributed by atoms with Crippen molar-refractivity contribution in [2.45, 2.75) is 38.1 Å². The summed E-state index contributed by atoms with van der Waals surface area (Å²) in [4.78, 5) is 0. The van der Waals surface area contributed by atoms with Crippen LogP contribution in [0.1, 0.15) is 20.3 Å². The van der Waals surface area contributed by atoms with Crippen LogP contribution >= 0.6 is 0 Å². The van der Waals surface area contributed by atoms with Gasteiger partial charge in [-0.2, -0.15) is 13.2 Å². The number of hydrogen-bond donors (Lipinski definition) is 3. The van der Waals surface area contributed by atoms with Gasteiger partial charge in [-0.05, 0) is 13.3 Å². The maximum Gasteiger partial charge on any atom is 0.415 e. The molecule has 0 amide bonds.